The molecule has 0 fully saturated rings. The van der Waals surface area contributed by atoms with Crippen LogP contribution < -0.4 is 5.32 Å². The third kappa shape index (κ3) is 4.16. The van der Waals surface area contributed by atoms with Gasteiger partial charge in [-0.1, -0.05) is 54.6 Å². The molecular formula is C24H19F3N2O3. The Morgan fingerprint density at radius 1 is 0.938 bits per heavy atom. The maximum absolute atomic E-state index is 13.2. The lowest BCUT2D eigenvalue weighted by Gasteiger charge is -2.35. The van der Waals surface area contributed by atoms with Gasteiger partial charge in [-0.3, -0.25) is 9.69 Å². The number of benzene rings is 3. The fraction of sp³-hybridized carbons (Fsp3) is 0.167. The van der Waals surface area contributed by atoms with Crippen molar-refractivity contribution in [3.05, 3.63) is 95.1 Å². The van der Waals surface area contributed by atoms with E-state index in [9.17, 15) is 27.9 Å². The Kier molecular flexibility index (Phi) is 5.61. The summed E-state index contributed by atoms with van der Waals surface area (Å²) in [5.74, 6) is -0.520. The summed E-state index contributed by atoms with van der Waals surface area (Å²) in [5.41, 5.74) is 2.00. The lowest BCUT2D eigenvalue weighted by molar-refractivity contribution is -0.137. The quantitative estimate of drug-likeness (QED) is 0.578. The van der Waals surface area contributed by atoms with Gasteiger partial charge < -0.3 is 10.4 Å². The molecule has 32 heavy (non-hydrogen) atoms. The summed E-state index contributed by atoms with van der Waals surface area (Å²) < 4.78 is 38.7. The van der Waals surface area contributed by atoms with E-state index >= 15 is 0 Å². The maximum Gasteiger partial charge on any atom is 0.416 e. The Morgan fingerprint density at radius 2 is 1.59 bits per heavy atom. The van der Waals surface area contributed by atoms with Crippen molar-refractivity contribution in [1.29, 1.82) is 0 Å². The van der Waals surface area contributed by atoms with Gasteiger partial charge >= 0.3 is 12.3 Å². The zero-order valence-electron chi connectivity index (χ0n) is 16.8. The minimum Gasteiger partial charge on any atom is -0.465 e. The molecule has 0 spiro atoms. The van der Waals surface area contributed by atoms with Crippen molar-refractivity contribution in [2.24, 2.45) is 0 Å². The minimum atomic E-state index is -4.45. The van der Waals surface area contributed by atoms with Crippen molar-refractivity contribution in [3.8, 4) is 11.1 Å². The first-order valence-corrected chi connectivity index (χ1v) is 9.90. The summed E-state index contributed by atoms with van der Waals surface area (Å²) in [6.45, 7) is 0.234. The van der Waals surface area contributed by atoms with Crippen LogP contribution >= 0.6 is 0 Å². The average molecular weight is 440 g/mol. The molecule has 4 rings (SSSR count). The molecule has 1 unspecified atom stereocenters. The number of carbonyl (C=O) groups is 2. The fourth-order valence-corrected chi connectivity index (χ4v) is 3.90. The number of alkyl halides is 3. The Balaban J connectivity index is 1.67. The number of carbonyl (C=O) groups excluding carboxylic acids is 1. The number of rotatable bonds is 3. The van der Waals surface area contributed by atoms with E-state index in [0.717, 1.165) is 17.7 Å². The van der Waals surface area contributed by atoms with Gasteiger partial charge in [0.15, 0.2) is 0 Å². The number of amides is 2. The molecule has 5 nitrogen and oxygen atoms in total. The highest BCUT2D eigenvalue weighted by molar-refractivity contribution is 6.01. The molecule has 0 radical (unpaired) electrons. The van der Waals surface area contributed by atoms with Gasteiger partial charge in [-0.2, -0.15) is 13.2 Å². The first kappa shape index (κ1) is 21.4. The van der Waals surface area contributed by atoms with E-state index in [0.29, 0.717) is 23.1 Å². The molecule has 8 heteroatoms. The van der Waals surface area contributed by atoms with Crippen LogP contribution in [0.25, 0.3) is 11.1 Å². The summed E-state index contributed by atoms with van der Waals surface area (Å²) in [6, 6.07) is 18.4. The van der Waals surface area contributed by atoms with Crippen LogP contribution in [0.3, 0.4) is 0 Å². The molecule has 2 N–H and O–H groups in total. The highest BCUT2D eigenvalue weighted by atomic mass is 19.4. The molecule has 1 heterocycles. The number of halogens is 3. The molecule has 0 bridgehead atoms. The first-order valence-electron chi connectivity index (χ1n) is 9.90. The third-order valence-corrected chi connectivity index (χ3v) is 5.49. The molecule has 0 aromatic heterocycles. The van der Waals surface area contributed by atoms with Crippen molar-refractivity contribution in [2.45, 2.75) is 18.8 Å². The number of hydrogen-bond donors (Lipinski definition) is 2. The molecule has 2 amide bonds. The summed E-state index contributed by atoms with van der Waals surface area (Å²) in [6.07, 6.45) is -5.94. The van der Waals surface area contributed by atoms with Crippen LogP contribution in [0.1, 0.15) is 33.2 Å². The van der Waals surface area contributed by atoms with Crippen molar-refractivity contribution in [1.82, 2.24) is 10.2 Å². The second-order valence-corrected chi connectivity index (χ2v) is 7.42. The van der Waals surface area contributed by atoms with Crippen LogP contribution in [-0.2, 0) is 12.6 Å². The Bertz CT molecular complexity index is 1160. The zero-order valence-corrected chi connectivity index (χ0v) is 16.8. The second kappa shape index (κ2) is 8.37. The zero-order chi connectivity index (χ0) is 22.9. The summed E-state index contributed by atoms with van der Waals surface area (Å²) in [5, 5.41) is 12.4. The van der Waals surface area contributed by atoms with Gasteiger partial charge in [-0.05, 0) is 46.9 Å². The molecule has 0 saturated carbocycles. The molecule has 0 aliphatic carbocycles. The van der Waals surface area contributed by atoms with Gasteiger partial charge in [0.1, 0.15) is 6.17 Å². The maximum atomic E-state index is 13.2. The van der Waals surface area contributed by atoms with E-state index in [4.69, 9.17) is 0 Å². The van der Waals surface area contributed by atoms with Crippen molar-refractivity contribution < 1.29 is 27.9 Å². The molecule has 0 saturated heterocycles. The first-order chi connectivity index (χ1) is 15.3. The normalized spacial score (nSPS) is 15.7. The highest BCUT2D eigenvalue weighted by Gasteiger charge is 2.33. The van der Waals surface area contributed by atoms with E-state index in [-0.39, 0.29) is 12.1 Å². The number of hydrogen-bond acceptors (Lipinski definition) is 2. The van der Waals surface area contributed by atoms with E-state index in [1.165, 1.54) is 17.0 Å². The number of nitrogens with one attached hydrogen (secondary N) is 1. The predicted octanol–water partition coefficient (Wildman–Crippen LogP) is 5.34. The third-order valence-electron chi connectivity index (χ3n) is 5.49. The monoisotopic (exact) mass is 440 g/mol. The highest BCUT2D eigenvalue weighted by Crippen LogP contribution is 2.33. The lowest BCUT2D eigenvalue weighted by Crippen LogP contribution is -2.47. The Morgan fingerprint density at radius 3 is 2.28 bits per heavy atom. The van der Waals surface area contributed by atoms with E-state index in [1.54, 1.807) is 36.4 Å². The Hall–Kier alpha value is -3.81. The molecule has 3 aromatic carbocycles. The van der Waals surface area contributed by atoms with Gasteiger partial charge in [-0.25, -0.2) is 4.79 Å². The van der Waals surface area contributed by atoms with Gasteiger partial charge in [0.05, 0.1) is 5.56 Å². The molecular weight excluding hydrogens is 421 g/mol. The van der Waals surface area contributed by atoms with Crippen LogP contribution in [0.4, 0.5) is 18.0 Å². The van der Waals surface area contributed by atoms with E-state index < -0.39 is 29.9 Å². The molecule has 1 atom stereocenters. The Labute approximate surface area is 182 Å². The van der Waals surface area contributed by atoms with E-state index in [2.05, 4.69) is 5.32 Å². The van der Waals surface area contributed by atoms with Crippen molar-refractivity contribution in [2.75, 3.05) is 6.54 Å². The van der Waals surface area contributed by atoms with Gasteiger partial charge in [-0.15, -0.1) is 0 Å². The standard InChI is InChI=1S/C24H19F3N2O3/c25-24(26,27)17-11-9-16(10-12-17)18-6-3-4-8-20(18)22(30)28-21-19-7-2-1-5-15(19)13-14-29(21)23(31)32/h1-12,21H,13-14H2,(H,28,30)(H,31,32). The predicted molar refractivity (Wildman–Crippen MR) is 112 cm³/mol. The SMILES string of the molecule is O=C(NC1c2ccccc2CCN1C(=O)O)c1ccccc1-c1ccc(C(F)(F)F)cc1. The fourth-order valence-electron chi connectivity index (χ4n) is 3.90. The largest absolute Gasteiger partial charge is 0.465 e. The molecule has 1 aliphatic heterocycles. The molecule has 3 aromatic rings. The topological polar surface area (TPSA) is 69.6 Å². The molecule has 1 aliphatic rings. The lowest BCUT2D eigenvalue weighted by atomic mass is 9.95. The number of carboxylic acid groups (broad SMARTS) is 1. The van der Waals surface area contributed by atoms with Crippen LogP contribution in [0, 0.1) is 0 Å². The average Bonchev–Trinajstić information content (AvgIpc) is 2.78. The minimum absolute atomic E-state index is 0.234. The molecule has 164 valence electrons. The summed E-state index contributed by atoms with van der Waals surface area (Å²) in [4.78, 5) is 26.1. The van der Waals surface area contributed by atoms with Gasteiger partial charge in [0, 0.05) is 12.1 Å². The van der Waals surface area contributed by atoms with Crippen LogP contribution in [-0.4, -0.2) is 28.6 Å². The number of nitrogens with zero attached hydrogens (tertiary/aromatic N) is 1. The smallest absolute Gasteiger partial charge is 0.416 e. The van der Waals surface area contributed by atoms with Gasteiger partial charge in [0.25, 0.3) is 5.91 Å². The van der Waals surface area contributed by atoms with Crippen LogP contribution in [0.2, 0.25) is 0 Å². The summed E-state index contributed by atoms with van der Waals surface area (Å²) in [7, 11) is 0. The van der Waals surface area contributed by atoms with Crippen molar-refractivity contribution in [3.63, 3.8) is 0 Å². The second-order valence-electron chi connectivity index (χ2n) is 7.42. The van der Waals surface area contributed by atoms with Crippen LogP contribution in [0.5, 0.6) is 0 Å². The number of fused-ring (bicyclic) bond motifs is 1. The van der Waals surface area contributed by atoms with E-state index in [1.807, 2.05) is 12.1 Å². The van der Waals surface area contributed by atoms with Crippen molar-refractivity contribution >= 4 is 12.0 Å². The van der Waals surface area contributed by atoms with Crippen LogP contribution in [0.15, 0.2) is 72.8 Å². The summed E-state index contributed by atoms with van der Waals surface area (Å²) >= 11 is 0. The van der Waals surface area contributed by atoms with Gasteiger partial charge in [0.2, 0.25) is 0 Å².